The number of Topliss-reactive ketones (excluding diaryl/α,β-unsaturated/α-hetero) is 1. The molecular formula is C13H19NO. The number of carbonyl (C=O) groups excluding carboxylic acids is 1. The Hall–Kier alpha value is -1.18. The topological polar surface area (TPSA) is 30.0 Å². The number of rotatable bonds is 5. The van der Waals surface area contributed by atoms with Crippen molar-refractivity contribution in [2.24, 2.45) is 5.92 Å². The monoisotopic (exact) mass is 205 g/mol. The van der Waals surface area contributed by atoms with Crippen LogP contribution in [0.25, 0.3) is 0 Å². The largest absolute Gasteiger partial charge is 0.292 e. The van der Waals surface area contributed by atoms with Gasteiger partial charge in [-0.3, -0.25) is 9.78 Å². The first-order valence-electron chi connectivity index (χ1n) is 5.59. The van der Waals surface area contributed by atoms with Gasteiger partial charge in [0.2, 0.25) is 0 Å². The van der Waals surface area contributed by atoms with Crippen LogP contribution < -0.4 is 0 Å². The van der Waals surface area contributed by atoms with Gasteiger partial charge in [-0.1, -0.05) is 26.7 Å². The normalized spacial score (nSPS) is 12.5. The van der Waals surface area contributed by atoms with Gasteiger partial charge in [0.05, 0.1) is 0 Å². The van der Waals surface area contributed by atoms with Gasteiger partial charge in [0, 0.05) is 12.6 Å². The van der Waals surface area contributed by atoms with Crippen LogP contribution in [0.2, 0.25) is 0 Å². The van der Waals surface area contributed by atoms with E-state index in [-0.39, 0.29) is 5.78 Å². The van der Waals surface area contributed by atoms with Crippen LogP contribution >= 0.6 is 0 Å². The molecule has 1 unspecified atom stereocenters. The summed E-state index contributed by atoms with van der Waals surface area (Å²) < 4.78 is 0. The van der Waals surface area contributed by atoms with E-state index in [0.29, 0.717) is 18.0 Å². The van der Waals surface area contributed by atoms with Crippen LogP contribution in [-0.4, -0.2) is 10.8 Å². The van der Waals surface area contributed by atoms with Crippen LogP contribution in [0.15, 0.2) is 18.3 Å². The van der Waals surface area contributed by atoms with Crippen LogP contribution in [0, 0.1) is 12.8 Å². The average Bonchev–Trinajstić information content (AvgIpc) is 2.18. The van der Waals surface area contributed by atoms with Crippen molar-refractivity contribution in [1.29, 1.82) is 0 Å². The van der Waals surface area contributed by atoms with E-state index in [0.717, 1.165) is 18.4 Å². The van der Waals surface area contributed by atoms with Gasteiger partial charge in [0.1, 0.15) is 5.69 Å². The first-order chi connectivity index (χ1) is 7.13. The van der Waals surface area contributed by atoms with E-state index in [2.05, 4.69) is 18.8 Å². The molecule has 0 aromatic carbocycles. The zero-order valence-corrected chi connectivity index (χ0v) is 9.79. The molecule has 0 radical (unpaired) electrons. The van der Waals surface area contributed by atoms with Gasteiger partial charge in [-0.2, -0.15) is 0 Å². The third kappa shape index (κ3) is 3.82. The Morgan fingerprint density at radius 2 is 2.27 bits per heavy atom. The van der Waals surface area contributed by atoms with Gasteiger partial charge in [-0.25, -0.2) is 0 Å². The Morgan fingerprint density at radius 1 is 1.53 bits per heavy atom. The highest BCUT2D eigenvalue weighted by Gasteiger charge is 2.11. The Labute approximate surface area is 91.7 Å². The SMILES string of the molecule is CCCC(C)CC(=O)c1cc(C)ccn1. The van der Waals surface area contributed by atoms with Crippen LogP contribution in [0.5, 0.6) is 0 Å². The maximum absolute atomic E-state index is 11.8. The molecule has 1 aromatic heterocycles. The predicted octanol–water partition coefficient (Wildman–Crippen LogP) is 3.40. The summed E-state index contributed by atoms with van der Waals surface area (Å²) in [5.41, 5.74) is 1.70. The van der Waals surface area contributed by atoms with Gasteiger partial charge in [-0.05, 0) is 30.5 Å². The molecule has 82 valence electrons. The Kier molecular flexibility index (Phi) is 4.47. The molecule has 0 aliphatic carbocycles. The van der Waals surface area contributed by atoms with E-state index in [4.69, 9.17) is 0 Å². The highest BCUT2D eigenvalue weighted by Crippen LogP contribution is 2.13. The third-order valence-electron chi connectivity index (χ3n) is 2.52. The Bertz CT molecular complexity index is 333. The van der Waals surface area contributed by atoms with Crippen molar-refractivity contribution < 1.29 is 4.79 Å². The standard InChI is InChI=1S/C13H19NO/c1-4-5-10(2)9-13(15)12-8-11(3)6-7-14-12/h6-8,10H,4-5,9H2,1-3H3. The number of aryl methyl sites for hydroxylation is 1. The van der Waals surface area contributed by atoms with E-state index < -0.39 is 0 Å². The molecule has 0 bridgehead atoms. The predicted molar refractivity (Wildman–Crippen MR) is 62.0 cm³/mol. The number of ketones is 1. The van der Waals surface area contributed by atoms with Crippen LogP contribution in [0.4, 0.5) is 0 Å². The number of nitrogens with zero attached hydrogens (tertiary/aromatic N) is 1. The summed E-state index contributed by atoms with van der Waals surface area (Å²) in [5.74, 6) is 0.629. The first kappa shape index (κ1) is 11.9. The molecule has 2 heteroatoms. The molecule has 1 atom stereocenters. The van der Waals surface area contributed by atoms with Crippen LogP contribution in [0.1, 0.15) is 49.2 Å². The number of hydrogen-bond acceptors (Lipinski definition) is 2. The summed E-state index contributed by atoms with van der Waals surface area (Å²) in [6.07, 6.45) is 4.56. The van der Waals surface area contributed by atoms with Crippen molar-refractivity contribution in [3.8, 4) is 0 Å². The Morgan fingerprint density at radius 3 is 2.87 bits per heavy atom. The fraction of sp³-hybridized carbons (Fsp3) is 0.538. The van der Waals surface area contributed by atoms with Crippen molar-refractivity contribution >= 4 is 5.78 Å². The summed E-state index contributed by atoms with van der Waals surface area (Å²) in [6, 6.07) is 3.77. The molecule has 0 aliphatic heterocycles. The molecule has 0 amide bonds. The summed E-state index contributed by atoms with van der Waals surface area (Å²) in [7, 11) is 0. The molecule has 0 spiro atoms. The summed E-state index contributed by atoms with van der Waals surface area (Å²) in [6.45, 7) is 6.25. The molecule has 0 aliphatic rings. The van der Waals surface area contributed by atoms with Crippen LogP contribution in [-0.2, 0) is 0 Å². The fourth-order valence-electron chi connectivity index (χ4n) is 1.70. The van der Waals surface area contributed by atoms with E-state index >= 15 is 0 Å². The fourth-order valence-corrected chi connectivity index (χ4v) is 1.70. The average molecular weight is 205 g/mol. The molecule has 0 fully saturated rings. The number of pyridine rings is 1. The summed E-state index contributed by atoms with van der Waals surface area (Å²) in [4.78, 5) is 15.9. The second-order valence-corrected chi connectivity index (χ2v) is 4.24. The van der Waals surface area contributed by atoms with Crippen molar-refractivity contribution in [2.45, 2.75) is 40.0 Å². The van der Waals surface area contributed by atoms with E-state index in [9.17, 15) is 4.79 Å². The number of carbonyl (C=O) groups is 1. The minimum Gasteiger partial charge on any atom is -0.292 e. The first-order valence-corrected chi connectivity index (χ1v) is 5.59. The van der Waals surface area contributed by atoms with Gasteiger partial charge in [-0.15, -0.1) is 0 Å². The van der Waals surface area contributed by atoms with Crippen molar-refractivity contribution in [3.63, 3.8) is 0 Å². The number of aromatic nitrogens is 1. The molecule has 0 N–H and O–H groups in total. The lowest BCUT2D eigenvalue weighted by molar-refractivity contribution is 0.0957. The van der Waals surface area contributed by atoms with Crippen molar-refractivity contribution in [3.05, 3.63) is 29.6 Å². The molecule has 1 aromatic rings. The molecule has 0 saturated carbocycles. The summed E-state index contributed by atoms with van der Waals surface area (Å²) in [5, 5.41) is 0. The minimum absolute atomic E-state index is 0.166. The molecule has 15 heavy (non-hydrogen) atoms. The zero-order chi connectivity index (χ0) is 11.3. The van der Waals surface area contributed by atoms with E-state index in [1.807, 2.05) is 19.1 Å². The van der Waals surface area contributed by atoms with Gasteiger partial charge < -0.3 is 0 Å². The molecule has 0 saturated heterocycles. The molecular weight excluding hydrogens is 186 g/mol. The van der Waals surface area contributed by atoms with Gasteiger partial charge in [0.25, 0.3) is 0 Å². The summed E-state index contributed by atoms with van der Waals surface area (Å²) >= 11 is 0. The maximum atomic E-state index is 11.8. The lowest BCUT2D eigenvalue weighted by Crippen LogP contribution is -2.07. The second-order valence-electron chi connectivity index (χ2n) is 4.24. The van der Waals surface area contributed by atoms with E-state index in [1.54, 1.807) is 6.20 Å². The molecule has 1 rings (SSSR count). The lowest BCUT2D eigenvalue weighted by Gasteiger charge is -2.08. The quantitative estimate of drug-likeness (QED) is 0.689. The van der Waals surface area contributed by atoms with Crippen LogP contribution in [0.3, 0.4) is 0 Å². The minimum atomic E-state index is 0.166. The van der Waals surface area contributed by atoms with Gasteiger partial charge >= 0.3 is 0 Å². The highest BCUT2D eigenvalue weighted by atomic mass is 16.1. The number of hydrogen-bond donors (Lipinski definition) is 0. The van der Waals surface area contributed by atoms with Crippen molar-refractivity contribution in [1.82, 2.24) is 4.98 Å². The van der Waals surface area contributed by atoms with Crippen molar-refractivity contribution in [2.75, 3.05) is 0 Å². The maximum Gasteiger partial charge on any atom is 0.181 e. The van der Waals surface area contributed by atoms with Gasteiger partial charge in [0.15, 0.2) is 5.78 Å². The highest BCUT2D eigenvalue weighted by molar-refractivity contribution is 5.94. The molecule has 1 heterocycles. The molecule has 2 nitrogen and oxygen atoms in total. The zero-order valence-electron chi connectivity index (χ0n) is 9.79. The smallest absolute Gasteiger partial charge is 0.181 e. The Balaban J connectivity index is 2.61. The third-order valence-corrected chi connectivity index (χ3v) is 2.52. The second kappa shape index (κ2) is 5.64. The van der Waals surface area contributed by atoms with E-state index in [1.165, 1.54) is 0 Å². The lowest BCUT2D eigenvalue weighted by atomic mass is 9.98.